The van der Waals surface area contributed by atoms with Crippen molar-refractivity contribution in [2.75, 3.05) is 19.6 Å². The number of carbonyl (C=O) groups excluding carboxylic acids is 3. The summed E-state index contributed by atoms with van der Waals surface area (Å²) in [6.45, 7) is 1.58. The third kappa shape index (κ3) is 3.19. The molecule has 1 aliphatic carbocycles. The first-order chi connectivity index (χ1) is 12.9. The largest absolute Gasteiger partial charge is 0.369 e. The molecular weight excluding hydrogens is 349 g/mol. The zero-order chi connectivity index (χ0) is 19.2. The Kier molecular flexibility index (Phi) is 4.40. The Labute approximate surface area is 157 Å². The third-order valence-electron chi connectivity index (χ3n) is 6.31. The van der Waals surface area contributed by atoms with Gasteiger partial charge in [0.05, 0.1) is 11.3 Å². The smallest absolute Gasteiger partial charge is 0.233 e. The van der Waals surface area contributed by atoms with E-state index in [1.54, 1.807) is 17.0 Å². The van der Waals surface area contributed by atoms with E-state index in [0.29, 0.717) is 32.5 Å². The van der Waals surface area contributed by atoms with E-state index in [1.807, 2.05) is 4.90 Å². The van der Waals surface area contributed by atoms with Gasteiger partial charge in [-0.3, -0.25) is 14.4 Å². The average molecular weight is 373 g/mol. The van der Waals surface area contributed by atoms with E-state index >= 15 is 0 Å². The lowest BCUT2D eigenvalue weighted by atomic mass is 9.92. The van der Waals surface area contributed by atoms with Crippen LogP contribution in [0.4, 0.5) is 4.39 Å². The molecule has 1 aromatic carbocycles. The van der Waals surface area contributed by atoms with E-state index in [4.69, 9.17) is 5.73 Å². The zero-order valence-corrected chi connectivity index (χ0v) is 15.2. The van der Waals surface area contributed by atoms with Crippen molar-refractivity contribution >= 4 is 17.7 Å². The second kappa shape index (κ2) is 6.62. The average Bonchev–Trinajstić information content (AvgIpc) is 3.38. The molecule has 1 saturated carbocycles. The molecule has 0 aromatic heterocycles. The number of likely N-dealkylation sites (tertiary alicyclic amines) is 2. The number of piperidine rings is 1. The van der Waals surface area contributed by atoms with Gasteiger partial charge in [-0.1, -0.05) is 12.1 Å². The quantitative estimate of drug-likeness (QED) is 0.860. The molecule has 3 aliphatic rings. The highest BCUT2D eigenvalue weighted by Crippen LogP contribution is 2.50. The number of primary amides is 1. The lowest BCUT2D eigenvalue weighted by molar-refractivity contribution is -0.136. The van der Waals surface area contributed by atoms with Crippen molar-refractivity contribution < 1.29 is 18.8 Å². The van der Waals surface area contributed by atoms with Gasteiger partial charge in [-0.2, -0.15) is 0 Å². The van der Waals surface area contributed by atoms with Gasteiger partial charge < -0.3 is 15.5 Å². The Bertz CT molecular complexity index is 767. The summed E-state index contributed by atoms with van der Waals surface area (Å²) in [5.41, 5.74) is 5.72. The Morgan fingerprint density at radius 1 is 1.11 bits per heavy atom. The maximum atomic E-state index is 13.2. The fourth-order valence-corrected chi connectivity index (χ4v) is 4.48. The molecule has 2 N–H and O–H groups in total. The topological polar surface area (TPSA) is 83.7 Å². The molecule has 1 aromatic rings. The minimum Gasteiger partial charge on any atom is -0.369 e. The van der Waals surface area contributed by atoms with Crippen molar-refractivity contribution in [2.45, 2.75) is 43.6 Å². The van der Waals surface area contributed by atoms with Gasteiger partial charge in [0.2, 0.25) is 17.7 Å². The van der Waals surface area contributed by atoms with E-state index in [0.717, 1.165) is 18.4 Å². The highest BCUT2D eigenvalue weighted by molar-refractivity contribution is 5.91. The molecule has 4 rings (SSSR count). The van der Waals surface area contributed by atoms with Crippen LogP contribution in [0.5, 0.6) is 0 Å². The van der Waals surface area contributed by atoms with Crippen molar-refractivity contribution in [3.63, 3.8) is 0 Å². The van der Waals surface area contributed by atoms with Crippen LogP contribution in [-0.4, -0.2) is 53.2 Å². The standard InChI is InChI=1S/C20H24FN3O3/c21-15-3-1-14(2-4-15)20(7-8-20)19(27)23-9-5-16(6-10-23)24-12-13(18(22)26)11-17(24)25/h1-4,13,16H,5-12H2,(H2,22,26). The van der Waals surface area contributed by atoms with E-state index in [-0.39, 0.29) is 30.1 Å². The molecule has 144 valence electrons. The van der Waals surface area contributed by atoms with Crippen molar-refractivity contribution in [3.8, 4) is 0 Å². The highest BCUT2D eigenvalue weighted by atomic mass is 19.1. The SMILES string of the molecule is NC(=O)C1CC(=O)N(C2CCN(C(=O)C3(c4ccc(F)cc4)CC3)CC2)C1. The van der Waals surface area contributed by atoms with Crippen LogP contribution in [0, 0.1) is 11.7 Å². The van der Waals surface area contributed by atoms with E-state index in [1.165, 1.54) is 12.1 Å². The molecule has 3 fully saturated rings. The molecule has 1 unspecified atom stereocenters. The summed E-state index contributed by atoms with van der Waals surface area (Å²) >= 11 is 0. The van der Waals surface area contributed by atoms with Gasteiger partial charge in [0.25, 0.3) is 0 Å². The number of carbonyl (C=O) groups is 3. The molecule has 2 aliphatic heterocycles. The number of benzene rings is 1. The number of nitrogens with zero attached hydrogens (tertiary/aromatic N) is 2. The highest BCUT2D eigenvalue weighted by Gasteiger charge is 2.53. The maximum Gasteiger partial charge on any atom is 0.233 e. The van der Waals surface area contributed by atoms with Gasteiger partial charge in [0.1, 0.15) is 5.82 Å². The second-order valence-corrected chi connectivity index (χ2v) is 7.96. The Balaban J connectivity index is 1.38. The Hall–Kier alpha value is -2.44. The molecule has 2 heterocycles. The van der Waals surface area contributed by atoms with Crippen LogP contribution in [0.25, 0.3) is 0 Å². The van der Waals surface area contributed by atoms with Crippen molar-refractivity contribution in [3.05, 3.63) is 35.6 Å². The van der Waals surface area contributed by atoms with Gasteiger partial charge in [0.15, 0.2) is 0 Å². The molecule has 0 bridgehead atoms. The summed E-state index contributed by atoms with van der Waals surface area (Å²) in [5.74, 6) is -1.03. The van der Waals surface area contributed by atoms with Crippen molar-refractivity contribution in [1.29, 1.82) is 0 Å². The number of halogens is 1. The third-order valence-corrected chi connectivity index (χ3v) is 6.31. The lowest BCUT2D eigenvalue weighted by Crippen LogP contribution is -2.49. The normalized spacial score (nSPS) is 24.9. The Morgan fingerprint density at radius 2 is 1.74 bits per heavy atom. The van der Waals surface area contributed by atoms with Crippen LogP contribution in [0.15, 0.2) is 24.3 Å². The molecule has 0 radical (unpaired) electrons. The van der Waals surface area contributed by atoms with Crippen molar-refractivity contribution in [1.82, 2.24) is 9.80 Å². The molecule has 27 heavy (non-hydrogen) atoms. The van der Waals surface area contributed by atoms with Gasteiger partial charge >= 0.3 is 0 Å². The number of rotatable bonds is 4. The van der Waals surface area contributed by atoms with Crippen LogP contribution >= 0.6 is 0 Å². The maximum absolute atomic E-state index is 13.2. The van der Waals surface area contributed by atoms with Gasteiger partial charge in [-0.05, 0) is 43.4 Å². The number of nitrogens with two attached hydrogens (primary N) is 1. The van der Waals surface area contributed by atoms with Gasteiger partial charge in [-0.25, -0.2) is 4.39 Å². The predicted molar refractivity (Wildman–Crippen MR) is 95.9 cm³/mol. The van der Waals surface area contributed by atoms with Crippen LogP contribution in [-0.2, 0) is 19.8 Å². The zero-order valence-electron chi connectivity index (χ0n) is 15.2. The molecule has 7 heteroatoms. The lowest BCUT2D eigenvalue weighted by Gasteiger charge is -2.38. The summed E-state index contributed by atoms with van der Waals surface area (Å²) in [7, 11) is 0. The molecule has 0 spiro atoms. The van der Waals surface area contributed by atoms with Crippen molar-refractivity contribution in [2.24, 2.45) is 11.7 Å². The number of amides is 3. The molecule has 6 nitrogen and oxygen atoms in total. The first-order valence-corrected chi connectivity index (χ1v) is 9.55. The van der Waals surface area contributed by atoms with Crippen LogP contribution in [0.1, 0.15) is 37.7 Å². The monoisotopic (exact) mass is 373 g/mol. The number of hydrogen-bond donors (Lipinski definition) is 1. The predicted octanol–water partition coefficient (Wildman–Crippen LogP) is 1.18. The molecule has 1 atom stereocenters. The van der Waals surface area contributed by atoms with Gasteiger partial charge in [0, 0.05) is 32.1 Å². The molecular formula is C20H24FN3O3. The summed E-state index contributed by atoms with van der Waals surface area (Å²) in [5, 5.41) is 0. The summed E-state index contributed by atoms with van der Waals surface area (Å²) in [6, 6.07) is 6.29. The summed E-state index contributed by atoms with van der Waals surface area (Å²) in [6.07, 6.45) is 3.21. The van der Waals surface area contributed by atoms with Gasteiger partial charge in [-0.15, -0.1) is 0 Å². The van der Waals surface area contributed by atoms with Crippen LogP contribution in [0.2, 0.25) is 0 Å². The van der Waals surface area contributed by atoms with E-state index in [9.17, 15) is 18.8 Å². The fraction of sp³-hybridized carbons (Fsp3) is 0.550. The first kappa shape index (κ1) is 17.9. The first-order valence-electron chi connectivity index (χ1n) is 9.55. The Morgan fingerprint density at radius 3 is 2.26 bits per heavy atom. The fourth-order valence-electron chi connectivity index (χ4n) is 4.48. The summed E-state index contributed by atoms with van der Waals surface area (Å²) in [4.78, 5) is 40.3. The number of hydrogen-bond acceptors (Lipinski definition) is 3. The molecule has 3 amide bonds. The second-order valence-electron chi connectivity index (χ2n) is 7.96. The van der Waals surface area contributed by atoms with Crippen LogP contribution in [0.3, 0.4) is 0 Å². The van der Waals surface area contributed by atoms with Crippen LogP contribution < -0.4 is 5.73 Å². The van der Waals surface area contributed by atoms with E-state index in [2.05, 4.69) is 0 Å². The minimum absolute atomic E-state index is 0.0199. The minimum atomic E-state index is -0.499. The molecule has 2 saturated heterocycles. The summed E-state index contributed by atoms with van der Waals surface area (Å²) < 4.78 is 13.2. The van der Waals surface area contributed by atoms with E-state index < -0.39 is 17.2 Å².